The molecule has 1 aliphatic heterocycles. The third-order valence-electron chi connectivity index (χ3n) is 4.70. The molecule has 0 aromatic heterocycles. The van der Waals surface area contributed by atoms with Crippen molar-refractivity contribution < 1.29 is 14.7 Å². The van der Waals surface area contributed by atoms with Crippen molar-refractivity contribution in [3.8, 4) is 5.75 Å². The lowest BCUT2D eigenvalue weighted by atomic mass is 9.98. The van der Waals surface area contributed by atoms with Crippen molar-refractivity contribution in [3.05, 3.63) is 65.2 Å². The molecule has 26 heavy (non-hydrogen) atoms. The fraction of sp³-hybridized carbons (Fsp3) is 0.381. The Hall–Kier alpha value is -2.37. The highest BCUT2D eigenvalue weighted by Gasteiger charge is 2.24. The third kappa shape index (κ3) is 4.62. The molecule has 0 spiro atoms. The molecule has 0 radical (unpaired) electrons. The topological polar surface area (TPSA) is 61.8 Å². The second-order valence-corrected chi connectivity index (χ2v) is 6.79. The standard InChI is InChI=1S/C21H26N2O3/c1-16(22-25)15-26-19-9-10-20-18(14-19)11-13-23(21(20)24)12-5-8-17-6-3-2-4-7-17/h2-4,6-7,9-10,14,16,22,25H,5,8,11-13,15H2,1H3. The summed E-state index contributed by atoms with van der Waals surface area (Å²) < 4.78 is 5.65. The Labute approximate surface area is 154 Å². The van der Waals surface area contributed by atoms with Gasteiger partial charge in [-0.1, -0.05) is 30.3 Å². The Balaban J connectivity index is 1.56. The molecular formula is C21H26N2O3. The third-order valence-corrected chi connectivity index (χ3v) is 4.70. The lowest BCUT2D eigenvalue weighted by Gasteiger charge is -2.29. The predicted molar refractivity (Wildman–Crippen MR) is 101 cm³/mol. The molecule has 0 bridgehead atoms. The fourth-order valence-electron chi connectivity index (χ4n) is 3.19. The number of carbonyl (C=O) groups is 1. The molecule has 2 aromatic rings. The molecule has 5 heteroatoms. The molecule has 1 amide bonds. The number of hydrogen-bond donors (Lipinski definition) is 2. The van der Waals surface area contributed by atoms with Crippen molar-refractivity contribution >= 4 is 5.91 Å². The summed E-state index contributed by atoms with van der Waals surface area (Å²) in [6.45, 7) is 3.73. The van der Waals surface area contributed by atoms with Gasteiger partial charge < -0.3 is 14.8 Å². The summed E-state index contributed by atoms with van der Waals surface area (Å²) in [5, 5.41) is 8.83. The van der Waals surface area contributed by atoms with Gasteiger partial charge in [0.25, 0.3) is 5.91 Å². The van der Waals surface area contributed by atoms with Gasteiger partial charge in [0.1, 0.15) is 12.4 Å². The Morgan fingerprint density at radius 1 is 1.23 bits per heavy atom. The van der Waals surface area contributed by atoms with Crippen LogP contribution in [0.1, 0.15) is 34.8 Å². The van der Waals surface area contributed by atoms with Crippen molar-refractivity contribution in [2.45, 2.75) is 32.2 Å². The van der Waals surface area contributed by atoms with Gasteiger partial charge in [0.2, 0.25) is 0 Å². The number of aryl methyl sites for hydroxylation is 1. The first-order valence-electron chi connectivity index (χ1n) is 9.16. The average molecular weight is 354 g/mol. The Kier molecular flexibility index (Phi) is 6.26. The normalized spacial score (nSPS) is 14.8. The van der Waals surface area contributed by atoms with Crippen LogP contribution in [0.25, 0.3) is 0 Å². The zero-order valence-corrected chi connectivity index (χ0v) is 15.1. The highest BCUT2D eigenvalue weighted by molar-refractivity contribution is 5.96. The van der Waals surface area contributed by atoms with Gasteiger partial charge in [0.15, 0.2) is 0 Å². The highest BCUT2D eigenvalue weighted by atomic mass is 16.5. The summed E-state index contributed by atoms with van der Waals surface area (Å²) in [6.07, 6.45) is 2.80. The largest absolute Gasteiger partial charge is 0.492 e. The number of hydroxylamine groups is 1. The van der Waals surface area contributed by atoms with E-state index >= 15 is 0 Å². The number of rotatable bonds is 8. The average Bonchev–Trinajstić information content (AvgIpc) is 2.68. The number of benzene rings is 2. The van der Waals surface area contributed by atoms with Crippen molar-refractivity contribution in [3.63, 3.8) is 0 Å². The van der Waals surface area contributed by atoms with E-state index in [-0.39, 0.29) is 11.9 Å². The quantitative estimate of drug-likeness (QED) is 0.715. The maximum absolute atomic E-state index is 12.7. The molecule has 0 fully saturated rings. The van der Waals surface area contributed by atoms with Crippen LogP contribution < -0.4 is 10.2 Å². The van der Waals surface area contributed by atoms with E-state index < -0.39 is 0 Å². The van der Waals surface area contributed by atoms with Crippen LogP contribution in [0.5, 0.6) is 5.75 Å². The Morgan fingerprint density at radius 3 is 2.81 bits per heavy atom. The van der Waals surface area contributed by atoms with Crippen LogP contribution in [0.3, 0.4) is 0 Å². The molecule has 1 heterocycles. The van der Waals surface area contributed by atoms with Crippen LogP contribution in [-0.4, -0.2) is 41.8 Å². The van der Waals surface area contributed by atoms with E-state index in [0.717, 1.165) is 49.2 Å². The summed E-state index contributed by atoms with van der Waals surface area (Å²) in [5.74, 6) is 0.840. The summed E-state index contributed by atoms with van der Waals surface area (Å²) >= 11 is 0. The summed E-state index contributed by atoms with van der Waals surface area (Å²) in [6, 6.07) is 15.9. The highest BCUT2D eigenvalue weighted by Crippen LogP contribution is 2.24. The van der Waals surface area contributed by atoms with Crippen molar-refractivity contribution in [2.24, 2.45) is 0 Å². The number of carbonyl (C=O) groups excluding carboxylic acids is 1. The first-order valence-corrected chi connectivity index (χ1v) is 9.16. The number of ether oxygens (including phenoxy) is 1. The Bertz CT molecular complexity index is 733. The van der Waals surface area contributed by atoms with Gasteiger partial charge >= 0.3 is 0 Å². The van der Waals surface area contributed by atoms with Crippen LogP contribution in [0.2, 0.25) is 0 Å². The molecule has 2 N–H and O–H groups in total. The number of nitrogens with one attached hydrogen (secondary N) is 1. The van der Waals surface area contributed by atoms with E-state index in [4.69, 9.17) is 9.94 Å². The molecule has 0 aliphatic carbocycles. The zero-order chi connectivity index (χ0) is 18.4. The lowest BCUT2D eigenvalue weighted by molar-refractivity contribution is 0.0737. The van der Waals surface area contributed by atoms with Gasteiger partial charge in [-0.2, -0.15) is 5.48 Å². The second-order valence-electron chi connectivity index (χ2n) is 6.79. The molecule has 1 atom stereocenters. The summed E-state index contributed by atoms with van der Waals surface area (Å²) in [5.41, 5.74) is 5.28. The lowest BCUT2D eigenvalue weighted by Crippen LogP contribution is -2.38. The minimum Gasteiger partial charge on any atom is -0.492 e. The van der Waals surface area contributed by atoms with E-state index in [1.165, 1.54) is 5.56 Å². The molecule has 0 saturated heterocycles. The molecular weight excluding hydrogens is 328 g/mol. The molecule has 2 aromatic carbocycles. The van der Waals surface area contributed by atoms with Gasteiger partial charge in [0, 0.05) is 18.7 Å². The Morgan fingerprint density at radius 2 is 2.04 bits per heavy atom. The van der Waals surface area contributed by atoms with Crippen LogP contribution in [0.15, 0.2) is 48.5 Å². The summed E-state index contributed by atoms with van der Waals surface area (Å²) in [4.78, 5) is 14.7. The van der Waals surface area contributed by atoms with Gasteiger partial charge in [-0.3, -0.25) is 4.79 Å². The van der Waals surface area contributed by atoms with E-state index in [1.807, 2.05) is 36.1 Å². The minimum atomic E-state index is -0.146. The van der Waals surface area contributed by atoms with Gasteiger partial charge in [0.05, 0.1) is 6.04 Å². The SMILES string of the molecule is CC(COc1ccc2c(c1)CCN(CCCc1ccccc1)C2=O)NO. The molecule has 5 nitrogen and oxygen atoms in total. The smallest absolute Gasteiger partial charge is 0.254 e. The van der Waals surface area contributed by atoms with E-state index in [9.17, 15) is 4.79 Å². The van der Waals surface area contributed by atoms with Crippen LogP contribution in [0.4, 0.5) is 0 Å². The van der Waals surface area contributed by atoms with Crippen LogP contribution in [0, 0.1) is 0 Å². The molecule has 1 aliphatic rings. The first-order chi connectivity index (χ1) is 12.7. The molecule has 0 saturated carbocycles. The van der Waals surface area contributed by atoms with Gasteiger partial charge in [-0.15, -0.1) is 0 Å². The maximum atomic E-state index is 12.7. The van der Waals surface area contributed by atoms with Crippen molar-refractivity contribution in [2.75, 3.05) is 19.7 Å². The van der Waals surface area contributed by atoms with Gasteiger partial charge in [-0.05, 0) is 55.5 Å². The molecule has 3 rings (SSSR count). The monoisotopic (exact) mass is 354 g/mol. The number of amides is 1. The van der Waals surface area contributed by atoms with Crippen LogP contribution >= 0.6 is 0 Å². The molecule has 1 unspecified atom stereocenters. The molecule has 138 valence electrons. The van der Waals surface area contributed by atoms with Crippen molar-refractivity contribution in [1.29, 1.82) is 0 Å². The van der Waals surface area contributed by atoms with Gasteiger partial charge in [-0.25, -0.2) is 0 Å². The van der Waals surface area contributed by atoms with E-state index in [2.05, 4.69) is 29.7 Å². The second kappa shape index (κ2) is 8.83. The maximum Gasteiger partial charge on any atom is 0.254 e. The fourth-order valence-corrected chi connectivity index (χ4v) is 3.19. The van der Waals surface area contributed by atoms with Crippen molar-refractivity contribution in [1.82, 2.24) is 10.4 Å². The van der Waals surface area contributed by atoms with E-state index in [1.54, 1.807) is 0 Å². The first kappa shape index (κ1) is 18.4. The number of hydrogen-bond acceptors (Lipinski definition) is 4. The zero-order valence-electron chi connectivity index (χ0n) is 15.1. The van der Waals surface area contributed by atoms with Crippen LogP contribution in [-0.2, 0) is 12.8 Å². The predicted octanol–water partition coefficient (Wildman–Crippen LogP) is 3.06. The minimum absolute atomic E-state index is 0.108. The number of fused-ring (bicyclic) bond motifs is 1. The summed E-state index contributed by atoms with van der Waals surface area (Å²) in [7, 11) is 0. The number of nitrogens with zero attached hydrogens (tertiary/aromatic N) is 1. The van der Waals surface area contributed by atoms with E-state index in [0.29, 0.717) is 6.61 Å².